The molecule has 0 radical (unpaired) electrons. The lowest BCUT2D eigenvalue weighted by Gasteiger charge is -2.14. The summed E-state index contributed by atoms with van der Waals surface area (Å²) < 4.78 is 2.25. The zero-order chi connectivity index (χ0) is 17.3. The molecule has 0 aliphatic rings. The van der Waals surface area contributed by atoms with Crippen LogP contribution in [-0.2, 0) is 6.54 Å². The molecule has 0 aliphatic carbocycles. The summed E-state index contributed by atoms with van der Waals surface area (Å²) in [5.41, 5.74) is 6.87. The fourth-order valence-corrected chi connectivity index (χ4v) is 3.45. The van der Waals surface area contributed by atoms with Crippen LogP contribution in [-0.4, -0.2) is 11.6 Å². The quantitative estimate of drug-likeness (QED) is 0.624. The highest BCUT2D eigenvalue weighted by Crippen LogP contribution is 2.35. The van der Waals surface area contributed by atoms with E-state index in [1.165, 1.54) is 16.8 Å². The van der Waals surface area contributed by atoms with Gasteiger partial charge in [-0.3, -0.25) is 0 Å². The maximum absolute atomic E-state index is 6.47. The van der Waals surface area contributed by atoms with Crippen molar-refractivity contribution in [3.8, 4) is 16.9 Å². The first kappa shape index (κ1) is 17.1. The monoisotopic (exact) mass is 358 g/mol. The molecule has 2 aromatic carbocycles. The normalized spacial score (nSPS) is 11.0. The Morgan fingerprint density at radius 2 is 1.67 bits per heavy atom. The third-order valence-electron chi connectivity index (χ3n) is 4.22. The zero-order valence-corrected chi connectivity index (χ0v) is 15.5. The first-order valence-corrected chi connectivity index (χ1v) is 8.65. The highest BCUT2D eigenvalue weighted by atomic mass is 35.5. The van der Waals surface area contributed by atoms with E-state index in [9.17, 15) is 0 Å². The van der Waals surface area contributed by atoms with Crippen LogP contribution in [0.5, 0.6) is 0 Å². The molecule has 0 aliphatic heterocycles. The summed E-state index contributed by atoms with van der Waals surface area (Å²) in [6.07, 6.45) is 0. The van der Waals surface area contributed by atoms with Gasteiger partial charge in [-0.2, -0.15) is 0 Å². The van der Waals surface area contributed by atoms with Crippen LogP contribution in [0, 0.1) is 13.8 Å². The smallest absolute Gasteiger partial charge is 0.0549 e. The van der Waals surface area contributed by atoms with Crippen molar-refractivity contribution in [1.29, 1.82) is 0 Å². The molecule has 124 valence electrons. The van der Waals surface area contributed by atoms with Crippen LogP contribution in [0.15, 0.2) is 48.5 Å². The molecule has 1 N–H and O–H groups in total. The Hall–Kier alpha value is -1.74. The molecule has 0 fully saturated rings. The number of benzene rings is 2. The molecular formula is C20H20Cl2N2. The zero-order valence-electron chi connectivity index (χ0n) is 14.0. The molecule has 0 saturated heterocycles. The highest BCUT2D eigenvalue weighted by molar-refractivity contribution is 6.36. The molecule has 2 nitrogen and oxygen atoms in total. The SMILES string of the molecule is CNCc1cc(-c2ccc(Cl)cc2Cl)n(-c2ccc(C)cc2)c1C. The van der Waals surface area contributed by atoms with Gasteiger partial charge in [0, 0.05) is 28.5 Å². The van der Waals surface area contributed by atoms with E-state index >= 15 is 0 Å². The number of rotatable bonds is 4. The van der Waals surface area contributed by atoms with E-state index in [1.54, 1.807) is 6.07 Å². The average molecular weight is 359 g/mol. The minimum atomic E-state index is 0.643. The van der Waals surface area contributed by atoms with Crippen LogP contribution in [0.3, 0.4) is 0 Å². The molecule has 24 heavy (non-hydrogen) atoms. The van der Waals surface area contributed by atoms with Gasteiger partial charge in [-0.15, -0.1) is 0 Å². The lowest BCUT2D eigenvalue weighted by Crippen LogP contribution is -2.06. The van der Waals surface area contributed by atoms with Crippen molar-refractivity contribution in [3.05, 3.63) is 75.4 Å². The van der Waals surface area contributed by atoms with Crippen LogP contribution in [0.2, 0.25) is 10.0 Å². The fourth-order valence-electron chi connectivity index (χ4n) is 2.95. The molecule has 3 rings (SSSR count). The molecule has 4 heteroatoms. The van der Waals surface area contributed by atoms with Gasteiger partial charge in [-0.05, 0) is 62.9 Å². The van der Waals surface area contributed by atoms with Gasteiger partial charge in [0.05, 0.1) is 10.7 Å². The van der Waals surface area contributed by atoms with E-state index in [1.807, 2.05) is 19.2 Å². The van der Waals surface area contributed by atoms with Gasteiger partial charge < -0.3 is 9.88 Å². The summed E-state index contributed by atoms with van der Waals surface area (Å²) >= 11 is 12.5. The van der Waals surface area contributed by atoms with Gasteiger partial charge in [0.25, 0.3) is 0 Å². The summed E-state index contributed by atoms with van der Waals surface area (Å²) in [5, 5.41) is 4.53. The van der Waals surface area contributed by atoms with Gasteiger partial charge in [0.1, 0.15) is 0 Å². The second-order valence-corrected chi connectivity index (χ2v) is 6.81. The number of halogens is 2. The summed E-state index contributed by atoms with van der Waals surface area (Å²) in [5.74, 6) is 0. The number of hydrogen-bond acceptors (Lipinski definition) is 1. The molecule has 1 aromatic heterocycles. The Kier molecular flexibility index (Phi) is 5.00. The first-order chi connectivity index (χ1) is 11.5. The minimum Gasteiger partial charge on any atom is -0.316 e. The molecule has 1 heterocycles. The minimum absolute atomic E-state index is 0.643. The Bertz CT molecular complexity index is 864. The number of hydrogen-bond donors (Lipinski definition) is 1. The van der Waals surface area contributed by atoms with Crippen molar-refractivity contribution >= 4 is 23.2 Å². The predicted molar refractivity (Wildman–Crippen MR) is 103 cm³/mol. The third kappa shape index (κ3) is 3.23. The maximum Gasteiger partial charge on any atom is 0.0549 e. The van der Waals surface area contributed by atoms with E-state index in [0.717, 1.165) is 23.5 Å². The van der Waals surface area contributed by atoms with Gasteiger partial charge in [-0.1, -0.05) is 40.9 Å². The number of aryl methyl sites for hydroxylation is 1. The van der Waals surface area contributed by atoms with Gasteiger partial charge in [0.2, 0.25) is 0 Å². The largest absolute Gasteiger partial charge is 0.316 e. The third-order valence-corrected chi connectivity index (χ3v) is 4.77. The van der Waals surface area contributed by atoms with Crippen LogP contribution in [0.25, 0.3) is 16.9 Å². The van der Waals surface area contributed by atoms with Crippen molar-refractivity contribution in [2.45, 2.75) is 20.4 Å². The van der Waals surface area contributed by atoms with Crippen molar-refractivity contribution in [3.63, 3.8) is 0 Å². The summed E-state index contributed by atoms with van der Waals surface area (Å²) in [6.45, 7) is 5.04. The average Bonchev–Trinajstić information content (AvgIpc) is 2.85. The maximum atomic E-state index is 6.47. The summed E-state index contributed by atoms with van der Waals surface area (Å²) in [6, 6.07) is 16.4. The topological polar surface area (TPSA) is 17.0 Å². The Balaban J connectivity index is 2.24. The summed E-state index contributed by atoms with van der Waals surface area (Å²) in [7, 11) is 1.96. The number of nitrogens with zero attached hydrogens (tertiary/aromatic N) is 1. The van der Waals surface area contributed by atoms with Crippen LogP contribution < -0.4 is 5.32 Å². The number of aromatic nitrogens is 1. The molecule has 0 saturated carbocycles. The number of nitrogens with one attached hydrogen (secondary N) is 1. The second-order valence-electron chi connectivity index (χ2n) is 5.97. The van der Waals surface area contributed by atoms with Crippen molar-refractivity contribution < 1.29 is 0 Å². The first-order valence-electron chi connectivity index (χ1n) is 7.89. The summed E-state index contributed by atoms with van der Waals surface area (Å²) in [4.78, 5) is 0. The molecule has 3 aromatic rings. The van der Waals surface area contributed by atoms with Crippen LogP contribution in [0.4, 0.5) is 0 Å². The van der Waals surface area contributed by atoms with Crippen LogP contribution in [0.1, 0.15) is 16.8 Å². The fraction of sp³-hybridized carbons (Fsp3) is 0.200. The predicted octanol–water partition coefficient (Wildman–Crippen LogP) is 5.79. The Morgan fingerprint density at radius 3 is 2.29 bits per heavy atom. The molecule has 0 atom stereocenters. The Labute approximate surface area is 153 Å². The second kappa shape index (κ2) is 7.02. The molecule has 0 bridgehead atoms. The lowest BCUT2D eigenvalue weighted by atomic mass is 10.1. The van der Waals surface area contributed by atoms with Gasteiger partial charge in [0.15, 0.2) is 0 Å². The molecule has 0 spiro atoms. The van der Waals surface area contributed by atoms with E-state index in [-0.39, 0.29) is 0 Å². The molecular weight excluding hydrogens is 339 g/mol. The lowest BCUT2D eigenvalue weighted by molar-refractivity contribution is 0.807. The van der Waals surface area contributed by atoms with Crippen molar-refractivity contribution in [1.82, 2.24) is 9.88 Å². The van der Waals surface area contributed by atoms with E-state index in [0.29, 0.717) is 10.0 Å². The van der Waals surface area contributed by atoms with Gasteiger partial charge in [-0.25, -0.2) is 0 Å². The van der Waals surface area contributed by atoms with E-state index in [2.05, 4.69) is 54.1 Å². The van der Waals surface area contributed by atoms with E-state index < -0.39 is 0 Å². The highest BCUT2D eigenvalue weighted by Gasteiger charge is 2.16. The van der Waals surface area contributed by atoms with Gasteiger partial charge >= 0.3 is 0 Å². The van der Waals surface area contributed by atoms with E-state index in [4.69, 9.17) is 23.2 Å². The molecule has 0 amide bonds. The molecule has 0 unspecified atom stereocenters. The van der Waals surface area contributed by atoms with Crippen molar-refractivity contribution in [2.24, 2.45) is 0 Å². The Morgan fingerprint density at radius 1 is 0.958 bits per heavy atom. The van der Waals surface area contributed by atoms with Crippen LogP contribution >= 0.6 is 23.2 Å². The van der Waals surface area contributed by atoms with Crippen molar-refractivity contribution in [2.75, 3.05) is 7.05 Å². The standard InChI is InChI=1S/C20H20Cl2N2/c1-13-4-7-17(8-5-13)24-14(2)15(12-23-3)10-20(24)18-9-6-16(21)11-19(18)22/h4-11,23H,12H2,1-3H3.